The Morgan fingerprint density at radius 3 is 2.93 bits per heavy atom. The van der Waals surface area contributed by atoms with Crippen molar-refractivity contribution in [3.05, 3.63) is 35.3 Å². The van der Waals surface area contributed by atoms with Crippen LogP contribution in [0.4, 0.5) is 0 Å². The molecule has 0 bridgehead atoms. The van der Waals surface area contributed by atoms with E-state index in [2.05, 4.69) is 5.32 Å². The Morgan fingerprint density at radius 1 is 1.57 bits per heavy atom. The van der Waals surface area contributed by atoms with Crippen LogP contribution < -0.4 is 5.32 Å². The number of hydrogen-bond acceptors (Lipinski definition) is 2. The second kappa shape index (κ2) is 5.73. The molecule has 3 nitrogen and oxygen atoms in total. The highest BCUT2D eigenvalue weighted by Gasteiger charge is 2.11. The first-order valence-electron chi connectivity index (χ1n) is 3.98. The molecule has 0 atom stereocenters. The zero-order chi connectivity index (χ0) is 10.4. The van der Waals surface area contributed by atoms with Gasteiger partial charge in [0, 0.05) is 12.4 Å². The summed E-state index contributed by atoms with van der Waals surface area (Å²) < 4.78 is 4.78. The molecule has 0 unspecified atom stereocenters. The third kappa shape index (κ3) is 3.09. The van der Waals surface area contributed by atoms with Gasteiger partial charge in [0.25, 0.3) is 5.91 Å². The quantitative estimate of drug-likeness (QED) is 0.642. The zero-order valence-electron chi connectivity index (χ0n) is 7.30. The predicted octanol–water partition coefficient (Wildman–Crippen LogP) is 2.46. The van der Waals surface area contributed by atoms with Crippen molar-refractivity contribution in [2.24, 2.45) is 0 Å². The molecular weight excluding hydrogens is 225 g/mol. The summed E-state index contributed by atoms with van der Waals surface area (Å²) in [6.07, 6.45) is 4.88. The standard InChI is InChI=1S/C9H9Cl2NO2/c10-4-1-2-5-12-9(13)7-3-6-14-8(7)11/h1-3,6H,4-5H2,(H,12,13)/b2-1+. The molecular formula is C9H9Cl2NO2. The minimum atomic E-state index is -0.261. The molecule has 0 saturated heterocycles. The number of nitrogens with one attached hydrogen (secondary N) is 1. The first-order valence-corrected chi connectivity index (χ1v) is 4.89. The van der Waals surface area contributed by atoms with Gasteiger partial charge in [-0.3, -0.25) is 4.79 Å². The van der Waals surface area contributed by atoms with Gasteiger partial charge in [0.05, 0.1) is 11.8 Å². The third-order valence-electron chi connectivity index (χ3n) is 1.50. The van der Waals surface area contributed by atoms with Gasteiger partial charge in [-0.2, -0.15) is 0 Å². The molecule has 0 saturated carbocycles. The van der Waals surface area contributed by atoms with Crippen molar-refractivity contribution in [3.63, 3.8) is 0 Å². The minimum Gasteiger partial charge on any atom is -0.452 e. The van der Waals surface area contributed by atoms with Crippen LogP contribution >= 0.6 is 23.2 Å². The van der Waals surface area contributed by atoms with Crippen molar-refractivity contribution >= 4 is 29.1 Å². The van der Waals surface area contributed by atoms with Gasteiger partial charge in [-0.25, -0.2) is 0 Å². The molecule has 0 aliphatic heterocycles. The largest absolute Gasteiger partial charge is 0.452 e. The normalized spacial score (nSPS) is 10.7. The van der Waals surface area contributed by atoms with Crippen LogP contribution in [-0.4, -0.2) is 18.3 Å². The van der Waals surface area contributed by atoms with Crippen LogP contribution in [0.15, 0.2) is 28.9 Å². The molecule has 0 spiro atoms. The van der Waals surface area contributed by atoms with Gasteiger partial charge in [0.2, 0.25) is 5.22 Å². The third-order valence-corrected chi connectivity index (χ3v) is 1.97. The van der Waals surface area contributed by atoms with Crippen molar-refractivity contribution in [3.8, 4) is 0 Å². The van der Waals surface area contributed by atoms with Gasteiger partial charge in [0.1, 0.15) is 0 Å². The lowest BCUT2D eigenvalue weighted by molar-refractivity contribution is 0.0957. The average Bonchev–Trinajstić information content (AvgIpc) is 2.59. The van der Waals surface area contributed by atoms with Crippen LogP contribution in [0, 0.1) is 0 Å². The van der Waals surface area contributed by atoms with Crippen molar-refractivity contribution in [1.82, 2.24) is 5.32 Å². The summed E-state index contributed by atoms with van der Waals surface area (Å²) in [5.41, 5.74) is 0.339. The number of allylic oxidation sites excluding steroid dienone is 1. The van der Waals surface area contributed by atoms with Crippen molar-refractivity contribution in [2.75, 3.05) is 12.4 Å². The first-order chi connectivity index (χ1) is 6.75. The number of halogens is 2. The van der Waals surface area contributed by atoms with E-state index in [4.69, 9.17) is 27.6 Å². The Labute approximate surface area is 91.7 Å². The SMILES string of the molecule is O=C(NC/C=C/CCl)c1ccoc1Cl. The first kappa shape index (κ1) is 11.1. The highest BCUT2D eigenvalue weighted by molar-refractivity contribution is 6.32. The fourth-order valence-electron chi connectivity index (χ4n) is 0.849. The molecule has 0 aromatic carbocycles. The average molecular weight is 234 g/mol. The maximum Gasteiger partial charge on any atom is 0.256 e. The summed E-state index contributed by atoms with van der Waals surface area (Å²) >= 11 is 11.0. The van der Waals surface area contributed by atoms with E-state index in [1.165, 1.54) is 12.3 Å². The number of rotatable bonds is 4. The van der Waals surface area contributed by atoms with Gasteiger partial charge >= 0.3 is 0 Å². The van der Waals surface area contributed by atoms with E-state index in [0.717, 1.165) is 0 Å². The fraction of sp³-hybridized carbons (Fsp3) is 0.222. The van der Waals surface area contributed by atoms with Crippen LogP contribution in [0.1, 0.15) is 10.4 Å². The summed E-state index contributed by atoms with van der Waals surface area (Å²) in [5.74, 6) is 0.172. The second-order valence-corrected chi connectivity index (χ2v) is 3.10. The molecule has 14 heavy (non-hydrogen) atoms. The zero-order valence-corrected chi connectivity index (χ0v) is 8.81. The lowest BCUT2D eigenvalue weighted by Gasteiger charge is -1.98. The molecule has 1 N–H and O–H groups in total. The van der Waals surface area contributed by atoms with Crippen LogP contribution in [-0.2, 0) is 0 Å². The highest BCUT2D eigenvalue weighted by Crippen LogP contribution is 2.15. The lowest BCUT2D eigenvalue weighted by Crippen LogP contribution is -2.23. The molecule has 0 radical (unpaired) electrons. The maximum atomic E-state index is 11.4. The number of carbonyl (C=O) groups is 1. The molecule has 0 aliphatic carbocycles. The van der Waals surface area contributed by atoms with E-state index in [1.54, 1.807) is 12.2 Å². The summed E-state index contributed by atoms with van der Waals surface area (Å²) in [6.45, 7) is 0.424. The number of hydrogen-bond donors (Lipinski definition) is 1. The van der Waals surface area contributed by atoms with E-state index in [0.29, 0.717) is 18.0 Å². The van der Waals surface area contributed by atoms with E-state index in [9.17, 15) is 4.79 Å². The Kier molecular flexibility index (Phi) is 4.56. The van der Waals surface area contributed by atoms with Crippen LogP contribution in [0.3, 0.4) is 0 Å². The van der Waals surface area contributed by atoms with Gasteiger partial charge in [-0.05, 0) is 17.7 Å². The van der Waals surface area contributed by atoms with E-state index < -0.39 is 0 Å². The van der Waals surface area contributed by atoms with Crippen molar-refractivity contribution < 1.29 is 9.21 Å². The molecule has 76 valence electrons. The van der Waals surface area contributed by atoms with Crippen molar-refractivity contribution in [2.45, 2.75) is 0 Å². The molecule has 1 heterocycles. The molecule has 1 aromatic rings. The molecule has 0 aliphatic rings. The molecule has 1 rings (SSSR count). The lowest BCUT2D eigenvalue weighted by atomic mass is 10.3. The summed E-state index contributed by atoms with van der Waals surface area (Å²) in [6, 6.07) is 1.52. The van der Waals surface area contributed by atoms with Gasteiger partial charge in [-0.1, -0.05) is 12.2 Å². The van der Waals surface area contributed by atoms with Crippen LogP contribution in [0.2, 0.25) is 5.22 Å². The van der Waals surface area contributed by atoms with Crippen LogP contribution in [0.5, 0.6) is 0 Å². The summed E-state index contributed by atoms with van der Waals surface area (Å²) in [7, 11) is 0. The maximum absolute atomic E-state index is 11.4. The monoisotopic (exact) mass is 233 g/mol. The molecule has 1 amide bonds. The summed E-state index contributed by atoms with van der Waals surface area (Å²) in [4.78, 5) is 11.4. The number of alkyl halides is 1. The van der Waals surface area contributed by atoms with E-state index in [-0.39, 0.29) is 11.1 Å². The molecule has 1 aromatic heterocycles. The topological polar surface area (TPSA) is 42.2 Å². The van der Waals surface area contributed by atoms with Crippen molar-refractivity contribution in [1.29, 1.82) is 0 Å². The minimum absolute atomic E-state index is 0.101. The number of carbonyl (C=O) groups excluding carboxylic acids is 1. The molecule has 5 heteroatoms. The molecule has 0 fully saturated rings. The van der Waals surface area contributed by atoms with Gasteiger partial charge < -0.3 is 9.73 Å². The summed E-state index contributed by atoms with van der Waals surface area (Å²) in [5, 5.41) is 2.73. The fourth-order valence-corrected chi connectivity index (χ4v) is 1.18. The smallest absolute Gasteiger partial charge is 0.256 e. The Bertz CT molecular complexity index is 333. The van der Waals surface area contributed by atoms with Gasteiger partial charge in [-0.15, -0.1) is 11.6 Å². The highest BCUT2D eigenvalue weighted by atomic mass is 35.5. The second-order valence-electron chi connectivity index (χ2n) is 2.44. The van der Waals surface area contributed by atoms with E-state index >= 15 is 0 Å². The Balaban J connectivity index is 2.44. The Morgan fingerprint density at radius 2 is 2.36 bits per heavy atom. The van der Waals surface area contributed by atoms with Crippen LogP contribution in [0.25, 0.3) is 0 Å². The Hall–Kier alpha value is -0.930. The predicted molar refractivity (Wildman–Crippen MR) is 55.9 cm³/mol. The van der Waals surface area contributed by atoms with Gasteiger partial charge in [0.15, 0.2) is 0 Å². The number of furan rings is 1. The number of amides is 1. The van der Waals surface area contributed by atoms with E-state index in [1.807, 2.05) is 0 Å².